The first-order valence-electron chi connectivity index (χ1n) is 5.91. The van der Waals surface area contributed by atoms with Crippen LogP contribution in [0.1, 0.15) is 12.5 Å². The Hall–Kier alpha value is -0.690. The fourth-order valence-electron chi connectivity index (χ4n) is 2.03. The maximum Gasteiger partial charge on any atom is 0.246 e. The van der Waals surface area contributed by atoms with Crippen molar-refractivity contribution >= 4 is 21.6 Å². The van der Waals surface area contributed by atoms with Crippen molar-refractivity contribution in [2.24, 2.45) is 0 Å². The van der Waals surface area contributed by atoms with Gasteiger partial charge in [-0.2, -0.15) is 4.31 Å². The van der Waals surface area contributed by atoms with Gasteiger partial charge in [-0.05, 0) is 24.6 Å². The van der Waals surface area contributed by atoms with Gasteiger partial charge in [0.05, 0.1) is 13.2 Å². The molecule has 4 nitrogen and oxygen atoms in total. The molecule has 0 aliphatic carbocycles. The van der Waals surface area contributed by atoms with Gasteiger partial charge in [0.15, 0.2) is 0 Å². The number of hydrogen-bond donors (Lipinski definition) is 0. The van der Waals surface area contributed by atoms with Gasteiger partial charge in [-0.1, -0.05) is 6.07 Å². The summed E-state index contributed by atoms with van der Waals surface area (Å²) in [7, 11) is -3.83. The highest BCUT2D eigenvalue weighted by molar-refractivity contribution is 7.89. The number of morpholine rings is 1. The zero-order chi connectivity index (χ0) is 14.0. The number of sulfonamides is 1. The van der Waals surface area contributed by atoms with Gasteiger partial charge in [0, 0.05) is 18.5 Å². The molecule has 0 N–H and O–H groups in total. The van der Waals surface area contributed by atoms with Crippen molar-refractivity contribution in [1.29, 1.82) is 0 Å². The summed E-state index contributed by atoms with van der Waals surface area (Å²) >= 11 is 5.59. The van der Waals surface area contributed by atoms with Gasteiger partial charge in [-0.25, -0.2) is 12.8 Å². The van der Waals surface area contributed by atoms with E-state index < -0.39 is 15.8 Å². The van der Waals surface area contributed by atoms with Gasteiger partial charge >= 0.3 is 0 Å². The summed E-state index contributed by atoms with van der Waals surface area (Å²) in [6.45, 7) is 2.62. The van der Waals surface area contributed by atoms with Crippen LogP contribution < -0.4 is 0 Å². The minimum absolute atomic E-state index is 0.144. The molecule has 0 amide bonds. The van der Waals surface area contributed by atoms with Crippen LogP contribution in [-0.2, 0) is 20.6 Å². The second-order valence-corrected chi connectivity index (χ2v) is 6.56. The Morgan fingerprint density at radius 2 is 2.26 bits per heavy atom. The Kier molecular flexibility index (Phi) is 4.45. The molecule has 1 aromatic carbocycles. The predicted molar refractivity (Wildman–Crippen MR) is 70.1 cm³/mol. The summed E-state index contributed by atoms with van der Waals surface area (Å²) in [6.07, 6.45) is 0. The van der Waals surface area contributed by atoms with Gasteiger partial charge in [0.2, 0.25) is 10.0 Å². The van der Waals surface area contributed by atoms with E-state index in [0.29, 0.717) is 18.8 Å². The molecule has 1 unspecified atom stereocenters. The van der Waals surface area contributed by atoms with Crippen LogP contribution >= 0.6 is 11.6 Å². The maximum absolute atomic E-state index is 13.9. The van der Waals surface area contributed by atoms with Crippen LogP contribution in [0.3, 0.4) is 0 Å². The van der Waals surface area contributed by atoms with Crippen molar-refractivity contribution in [3.8, 4) is 0 Å². The first kappa shape index (κ1) is 14.7. The number of halogens is 2. The van der Waals surface area contributed by atoms with Crippen LogP contribution in [0.5, 0.6) is 0 Å². The molecule has 0 aromatic heterocycles. The summed E-state index contributed by atoms with van der Waals surface area (Å²) in [6, 6.07) is 3.65. The second kappa shape index (κ2) is 5.75. The minimum Gasteiger partial charge on any atom is -0.378 e. The van der Waals surface area contributed by atoms with E-state index in [1.807, 2.05) is 0 Å². The molecule has 1 aliphatic heterocycles. The van der Waals surface area contributed by atoms with E-state index in [1.54, 1.807) is 6.92 Å². The van der Waals surface area contributed by atoms with Crippen LogP contribution in [0.15, 0.2) is 23.1 Å². The molecule has 19 heavy (non-hydrogen) atoms. The Morgan fingerprint density at radius 1 is 1.53 bits per heavy atom. The average Bonchev–Trinajstić information content (AvgIpc) is 2.38. The smallest absolute Gasteiger partial charge is 0.246 e. The van der Waals surface area contributed by atoms with Gasteiger partial charge in [-0.15, -0.1) is 11.6 Å². The molecule has 1 fully saturated rings. The van der Waals surface area contributed by atoms with E-state index in [-0.39, 0.29) is 23.4 Å². The van der Waals surface area contributed by atoms with E-state index in [1.165, 1.54) is 16.4 Å². The van der Waals surface area contributed by atoms with Gasteiger partial charge in [-0.3, -0.25) is 0 Å². The standard InChI is InChI=1S/C12H15ClFNO3S/c1-9-8-18-5-4-15(9)19(16,17)12-3-2-10(7-13)6-11(12)14/h2-3,6,9H,4-5,7-8H2,1H3. The lowest BCUT2D eigenvalue weighted by molar-refractivity contribution is 0.0392. The van der Waals surface area contributed by atoms with Gasteiger partial charge < -0.3 is 4.74 Å². The molecule has 0 bridgehead atoms. The predicted octanol–water partition coefficient (Wildman–Crippen LogP) is 1.97. The monoisotopic (exact) mass is 307 g/mol. The Labute approximate surface area is 117 Å². The highest BCUT2D eigenvalue weighted by Crippen LogP contribution is 2.24. The fourth-order valence-corrected chi connectivity index (χ4v) is 3.85. The van der Waals surface area contributed by atoms with Crippen LogP contribution in [0.25, 0.3) is 0 Å². The van der Waals surface area contributed by atoms with Crippen LogP contribution in [-0.4, -0.2) is 38.5 Å². The molecule has 7 heteroatoms. The highest BCUT2D eigenvalue weighted by Gasteiger charge is 2.33. The van der Waals surface area contributed by atoms with Crippen molar-refractivity contribution in [2.45, 2.75) is 23.7 Å². The first-order valence-corrected chi connectivity index (χ1v) is 7.88. The second-order valence-electron chi connectivity index (χ2n) is 4.44. The SMILES string of the molecule is CC1COCCN1S(=O)(=O)c1ccc(CCl)cc1F. The van der Waals surface area contributed by atoms with E-state index in [4.69, 9.17) is 16.3 Å². The lowest BCUT2D eigenvalue weighted by Gasteiger charge is -2.32. The molecular weight excluding hydrogens is 293 g/mol. The number of ether oxygens (including phenoxy) is 1. The molecule has 0 spiro atoms. The third kappa shape index (κ3) is 2.91. The van der Waals surface area contributed by atoms with Gasteiger partial charge in [0.25, 0.3) is 0 Å². The largest absolute Gasteiger partial charge is 0.378 e. The Morgan fingerprint density at radius 3 is 2.84 bits per heavy atom. The molecule has 1 heterocycles. The van der Waals surface area contributed by atoms with Crippen molar-refractivity contribution in [1.82, 2.24) is 4.31 Å². The number of nitrogens with zero attached hydrogens (tertiary/aromatic N) is 1. The molecule has 0 radical (unpaired) electrons. The molecular formula is C12H15ClFNO3S. The number of rotatable bonds is 3. The van der Waals surface area contributed by atoms with Crippen LogP contribution in [0.2, 0.25) is 0 Å². The highest BCUT2D eigenvalue weighted by atomic mass is 35.5. The number of hydrogen-bond acceptors (Lipinski definition) is 3. The zero-order valence-corrected chi connectivity index (χ0v) is 12.0. The van der Waals surface area contributed by atoms with Crippen molar-refractivity contribution in [3.05, 3.63) is 29.6 Å². The number of alkyl halides is 1. The van der Waals surface area contributed by atoms with E-state index in [2.05, 4.69) is 0 Å². The third-order valence-electron chi connectivity index (χ3n) is 3.04. The van der Waals surface area contributed by atoms with Gasteiger partial charge in [0.1, 0.15) is 10.7 Å². The van der Waals surface area contributed by atoms with E-state index in [9.17, 15) is 12.8 Å². The zero-order valence-electron chi connectivity index (χ0n) is 10.5. The minimum atomic E-state index is -3.83. The van der Waals surface area contributed by atoms with Crippen molar-refractivity contribution in [3.63, 3.8) is 0 Å². The third-order valence-corrected chi connectivity index (χ3v) is 5.40. The maximum atomic E-state index is 13.9. The van der Waals surface area contributed by atoms with Crippen molar-refractivity contribution in [2.75, 3.05) is 19.8 Å². The summed E-state index contributed by atoms with van der Waals surface area (Å²) in [5.74, 6) is -0.623. The molecule has 1 aromatic rings. The van der Waals surface area contributed by atoms with E-state index in [0.717, 1.165) is 6.07 Å². The summed E-state index contributed by atoms with van der Waals surface area (Å²) in [4.78, 5) is -0.310. The molecule has 1 saturated heterocycles. The quantitative estimate of drug-likeness (QED) is 0.802. The Balaban J connectivity index is 2.38. The molecule has 106 valence electrons. The first-order chi connectivity index (χ1) is 8.96. The normalized spacial score (nSPS) is 21.5. The van der Waals surface area contributed by atoms with Crippen LogP contribution in [0.4, 0.5) is 4.39 Å². The molecule has 1 atom stereocenters. The fraction of sp³-hybridized carbons (Fsp3) is 0.500. The molecule has 1 aliphatic rings. The lowest BCUT2D eigenvalue weighted by Crippen LogP contribution is -2.47. The van der Waals surface area contributed by atoms with Crippen LogP contribution in [0, 0.1) is 5.82 Å². The summed E-state index contributed by atoms with van der Waals surface area (Å²) < 4.78 is 45.2. The molecule has 2 rings (SSSR count). The summed E-state index contributed by atoms with van der Waals surface area (Å²) in [5.41, 5.74) is 0.549. The lowest BCUT2D eigenvalue weighted by atomic mass is 10.2. The summed E-state index contributed by atoms with van der Waals surface area (Å²) in [5, 5.41) is 0. The van der Waals surface area contributed by atoms with E-state index >= 15 is 0 Å². The number of benzene rings is 1. The van der Waals surface area contributed by atoms with Crippen molar-refractivity contribution < 1.29 is 17.5 Å². The topological polar surface area (TPSA) is 46.6 Å². The Bertz CT molecular complexity index is 564. The average molecular weight is 308 g/mol. The molecule has 0 saturated carbocycles.